The molecule has 0 unspecified atom stereocenters. The minimum Gasteiger partial charge on any atom is -0.490 e. The molecule has 1 N–H and O–H groups in total. The van der Waals surface area contributed by atoms with E-state index in [0.717, 1.165) is 18.1 Å². The number of hydrogen-bond donors (Lipinski definition) is 1. The van der Waals surface area contributed by atoms with Crippen LogP contribution >= 0.6 is 34.8 Å². The summed E-state index contributed by atoms with van der Waals surface area (Å²) >= 11 is 18.6. The summed E-state index contributed by atoms with van der Waals surface area (Å²) in [6, 6.07) is 10.5. The van der Waals surface area contributed by atoms with Crippen LogP contribution in [0.4, 0.5) is 4.39 Å². The van der Waals surface area contributed by atoms with Gasteiger partial charge in [-0.1, -0.05) is 49.2 Å². The zero-order valence-electron chi connectivity index (χ0n) is 20.3. The van der Waals surface area contributed by atoms with Gasteiger partial charge in [-0.2, -0.15) is 0 Å². The largest absolute Gasteiger partial charge is 0.490 e. The number of carbonyl (C=O) groups is 2. The van der Waals surface area contributed by atoms with Crippen molar-refractivity contribution in [2.24, 2.45) is 0 Å². The van der Waals surface area contributed by atoms with Gasteiger partial charge in [0, 0.05) is 19.3 Å². The van der Waals surface area contributed by atoms with Crippen LogP contribution < -0.4 is 9.47 Å². The van der Waals surface area contributed by atoms with Crippen LogP contribution in [0.15, 0.2) is 36.4 Å². The van der Waals surface area contributed by atoms with Crippen LogP contribution in [0.5, 0.6) is 11.5 Å². The molecule has 0 aliphatic heterocycles. The van der Waals surface area contributed by atoms with Gasteiger partial charge in [-0.05, 0) is 35.4 Å². The van der Waals surface area contributed by atoms with Gasteiger partial charge in [0.25, 0.3) is 5.79 Å². The zero-order valence-corrected chi connectivity index (χ0v) is 22.5. The highest BCUT2D eigenvalue weighted by Gasteiger charge is 2.32. The van der Waals surface area contributed by atoms with E-state index in [4.69, 9.17) is 53.8 Å². The SMILES string of the molecule is CC(=O)O[C@H](CF)COc1ccc(C(C)(C)c2cc(Cl)c(OC[C@](O)(CCl)OC(C)=O)c(Cl)c2)cc1. The lowest BCUT2D eigenvalue weighted by Gasteiger charge is -2.28. The van der Waals surface area contributed by atoms with Crippen LogP contribution in [0, 0.1) is 0 Å². The monoisotopic (exact) mass is 564 g/mol. The smallest absolute Gasteiger partial charge is 0.305 e. The third-order valence-electron chi connectivity index (χ3n) is 5.22. The van der Waals surface area contributed by atoms with E-state index in [1.165, 1.54) is 6.92 Å². The Labute approximate surface area is 224 Å². The summed E-state index contributed by atoms with van der Waals surface area (Å²) in [7, 11) is 0. The third-order valence-corrected chi connectivity index (χ3v) is 6.20. The van der Waals surface area contributed by atoms with Gasteiger partial charge in [-0.3, -0.25) is 9.59 Å². The van der Waals surface area contributed by atoms with Gasteiger partial charge in [0.15, 0.2) is 18.5 Å². The van der Waals surface area contributed by atoms with Gasteiger partial charge in [-0.15, -0.1) is 11.6 Å². The fourth-order valence-corrected chi connectivity index (χ4v) is 4.00. The quantitative estimate of drug-likeness (QED) is 0.207. The van der Waals surface area contributed by atoms with Crippen LogP contribution in [0.2, 0.25) is 10.0 Å². The van der Waals surface area contributed by atoms with Crippen molar-refractivity contribution in [3.63, 3.8) is 0 Å². The molecule has 2 atom stereocenters. The summed E-state index contributed by atoms with van der Waals surface area (Å²) in [5.74, 6) is -3.16. The molecule has 0 saturated carbocycles. The number of ether oxygens (including phenoxy) is 4. The van der Waals surface area contributed by atoms with Crippen molar-refractivity contribution in [1.82, 2.24) is 0 Å². The molecular weight excluding hydrogens is 538 g/mol. The van der Waals surface area contributed by atoms with Crippen molar-refractivity contribution in [3.8, 4) is 11.5 Å². The minimum absolute atomic E-state index is 0.104. The summed E-state index contributed by atoms with van der Waals surface area (Å²) in [6.45, 7) is 4.86. The van der Waals surface area contributed by atoms with E-state index < -0.39 is 48.4 Å². The van der Waals surface area contributed by atoms with E-state index in [1.54, 1.807) is 24.3 Å². The van der Waals surface area contributed by atoms with E-state index in [2.05, 4.69) is 0 Å². The molecule has 198 valence electrons. The van der Waals surface area contributed by atoms with Crippen LogP contribution in [-0.2, 0) is 24.5 Å². The van der Waals surface area contributed by atoms with Crippen LogP contribution in [-0.4, -0.2) is 54.7 Å². The van der Waals surface area contributed by atoms with E-state index in [1.807, 2.05) is 26.0 Å². The molecule has 0 radical (unpaired) electrons. The molecule has 0 aliphatic carbocycles. The van der Waals surface area contributed by atoms with Gasteiger partial charge in [0.1, 0.15) is 19.0 Å². The average Bonchev–Trinajstić information content (AvgIpc) is 2.80. The van der Waals surface area contributed by atoms with Crippen molar-refractivity contribution in [2.45, 2.75) is 45.0 Å². The maximum absolute atomic E-state index is 13.0. The Morgan fingerprint density at radius 3 is 2.06 bits per heavy atom. The predicted octanol–water partition coefficient (Wildman–Crippen LogP) is 5.47. The van der Waals surface area contributed by atoms with Crippen LogP contribution in [0.25, 0.3) is 0 Å². The predicted molar refractivity (Wildman–Crippen MR) is 135 cm³/mol. The van der Waals surface area contributed by atoms with Gasteiger partial charge in [-0.25, -0.2) is 4.39 Å². The summed E-state index contributed by atoms with van der Waals surface area (Å²) in [4.78, 5) is 22.2. The number of benzene rings is 2. The van der Waals surface area contributed by atoms with Crippen LogP contribution in [0.3, 0.4) is 0 Å². The van der Waals surface area contributed by atoms with Crippen molar-refractivity contribution in [1.29, 1.82) is 0 Å². The molecular formula is C25H28Cl3FO7. The van der Waals surface area contributed by atoms with E-state index in [9.17, 15) is 19.1 Å². The highest BCUT2D eigenvalue weighted by Crippen LogP contribution is 2.41. The maximum atomic E-state index is 13.0. The lowest BCUT2D eigenvalue weighted by atomic mass is 9.78. The van der Waals surface area contributed by atoms with Crippen molar-refractivity contribution < 1.29 is 38.0 Å². The van der Waals surface area contributed by atoms with Gasteiger partial charge in [0.2, 0.25) is 0 Å². The first-order valence-corrected chi connectivity index (χ1v) is 12.2. The Morgan fingerprint density at radius 2 is 1.58 bits per heavy atom. The lowest BCUT2D eigenvalue weighted by molar-refractivity contribution is -0.207. The highest BCUT2D eigenvalue weighted by molar-refractivity contribution is 6.37. The second-order valence-corrected chi connectivity index (χ2v) is 9.66. The number of halogens is 4. The summed E-state index contributed by atoms with van der Waals surface area (Å²) < 4.78 is 33.7. The van der Waals surface area contributed by atoms with Gasteiger partial charge < -0.3 is 24.1 Å². The standard InChI is InChI=1S/C25H28Cl3FO7/c1-15(30)35-20(11-29)12-33-19-7-5-17(6-8-19)24(3,4)18-9-21(27)23(22(28)10-18)34-14-25(32,13-26)36-16(2)31/h5-10,20,32H,11-14H2,1-4H3/t20-,25+/m1/s1. The first kappa shape index (κ1) is 30.0. The Hall–Kier alpha value is -2.26. The number of carbonyl (C=O) groups excluding carboxylic acids is 2. The lowest BCUT2D eigenvalue weighted by Crippen LogP contribution is -2.42. The van der Waals surface area contributed by atoms with Crippen molar-refractivity contribution in [2.75, 3.05) is 25.8 Å². The van der Waals surface area contributed by atoms with E-state index in [-0.39, 0.29) is 22.4 Å². The average molecular weight is 566 g/mol. The fraction of sp³-hybridized carbons (Fsp3) is 0.440. The number of hydrogen-bond acceptors (Lipinski definition) is 7. The molecule has 7 nitrogen and oxygen atoms in total. The number of aliphatic hydroxyl groups is 1. The number of esters is 2. The maximum Gasteiger partial charge on any atom is 0.305 e. The molecule has 0 heterocycles. The third kappa shape index (κ3) is 8.13. The normalized spacial score (nSPS) is 13.9. The Balaban J connectivity index is 2.17. The summed E-state index contributed by atoms with van der Waals surface area (Å²) in [6.07, 6.45) is -0.974. The molecule has 2 aromatic carbocycles. The fourth-order valence-electron chi connectivity index (χ4n) is 3.27. The van der Waals surface area contributed by atoms with Gasteiger partial charge >= 0.3 is 11.9 Å². The van der Waals surface area contributed by atoms with Crippen LogP contribution in [0.1, 0.15) is 38.8 Å². The molecule has 2 aromatic rings. The summed E-state index contributed by atoms with van der Waals surface area (Å²) in [5.41, 5.74) is 1.14. The Bertz CT molecular complexity index is 1040. The van der Waals surface area contributed by atoms with Crippen molar-refractivity contribution >= 4 is 46.7 Å². The second kappa shape index (κ2) is 12.8. The van der Waals surface area contributed by atoms with Gasteiger partial charge in [0.05, 0.1) is 15.9 Å². The van der Waals surface area contributed by atoms with E-state index >= 15 is 0 Å². The molecule has 0 spiro atoms. The zero-order chi connectivity index (χ0) is 27.1. The minimum atomic E-state index is -2.04. The first-order chi connectivity index (χ1) is 16.8. The van der Waals surface area contributed by atoms with E-state index in [0.29, 0.717) is 5.75 Å². The molecule has 0 fully saturated rings. The Kier molecular flexibility index (Phi) is 10.7. The number of rotatable bonds is 12. The Morgan fingerprint density at radius 1 is 1.00 bits per heavy atom. The molecule has 0 amide bonds. The molecule has 0 aromatic heterocycles. The molecule has 0 bridgehead atoms. The van der Waals surface area contributed by atoms with Crippen molar-refractivity contribution in [3.05, 3.63) is 57.6 Å². The molecule has 0 aliphatic rings. The molecule has 36 heavy (non-hydrogen) atoms. The molecule has 0 saturated heterocycles. The second-order valence-electron chi connectivity index (χ2n) is 8.58. The molecule has 2 rings (SSSR count). The highest BCUT2D eigenvalue weighted by atomic mass is 35.5. The summed E-state index contributed by atoms with van der Waals surface area (Å²) in [5, 5.41) is 10.6. The topological polar surface area (TPSA) is 91.3 Å². The molecule has 11 heteroatoms. The first-order valence-electron chi connectivity index (χ1n) is 10.9. The number of alkyl halides is 2.